The molecule has 0 saturated carbocycles. The van der Waals surface area contributed by atoms with Gasteiger partial charge in [-0.15, -0.1) is 0 Å². The van der Waals surface area contributed by atoms with Gasteiger partial charge in [-0.2, -0.15) is 0 Å². The molecule has 0 spiro atoms. The van der Waals surface area contributed by atoms with E-state index in [1.807, 2.05) is 52.0 Å². The molecule has 0 atom stereocenters. The molecule has 1 aliphatic rings. The summed E-state index contributed by atoms with van der Waals surface area (Å²) in [4.78, 5) is 0. The van der Waals surface area contributed by atoms with Crippen LogP contribution in [-0.2, 0) is 13.5 Å². The summed E-state index contributed by atoms with van der Waals surface area (Å²) in [6, 6.07) is 14.3. The SMILES string of the molecule is CC(C)Oc1cc(OC(C)C)c2c(c1)C(c1ccccc1)=C[C]2=[Ru]([Cl])[Cl]. The molecule has 2 aromatic carbocycles. The summed E-state index contributed by atoms with van der Waals surface area (Å²) in [7, 11) is 12.9. The van der Waals surface area contributed by atoms with E-state index in [9.17, 15) is 0 Å². The summed E-state index contributed by atoms with van der Waals surface area (Å²) in [6.07, 6.45) is 2.24. The molecular formula is C21H22Cl2O2Ru. The van der Waals surface area contributed by atoms with E-state index in [1.165, 1.54) is 0 Å². The molecular weight excluding hydrogens is 456 g/mol. The Labute approximate surface area is 168 Å². The fraction of sp³-hybridized carbons (Fsp3) is 0.286. The van der Waals surface area contributed by atoms with Gasteiger partial charge in [0.05, 0.1) is 0 Å². The summed E-state index contributed by atoms with van der Waals surface area (Å²) in [5, 5.41) is 0. The van der Waals surface area contributed by atoms with E-state index in [0.717, 1.165) is 37.9 Å². The van der Waals surface area contributed by atoms with Gasteiger partial charge in [0.25, 0.3) is 0 Å². The molecule has 0 amide bonds. The van der Waals surface area contributed by atoms with Gasteiger partial charge < -0.3 is 0 Å². The van der Waals surface area contributed by atoms with Crippen LogP contribution in [0.1, 0.15) is 44.4 Å². The zero-order valence-electron chi connectivity index (χ0n) is 15.2. The van der Waals surface area contributed by atoms with Gasteiger partial charge in [0.2, 0.25) is 0 Å². The van der Waals surface area contributed by atoms with Gasteiger partial charge in [0.1, 0.15) is 0 Å². The second-order valence-electron chi connectivity index (χ2n) is 6.62. The minimum absolute atomic E-state index is 0.0433. The number of halogens is 2. The van der Waals surface area contributed by atoms with E-state index < -0.39 is 13.5 Å². The van der Waals surface area contributed by atoms with Crippen molar-refractivity contribution in [2.24, 2.45) is 0 Å². The second-order valence-corrected chi connectivity index (χ2v) is 12.4. The summed E-state index contributed by atoms with van der Waals surface area (Å²) in [5.41, 5.74) is 4.32. The van der Waals surface area contributed by atoms with Crippen molar-refractivity contribution in [2.45, 2.75) is 39.9 Å². The van der Waals surface area contributed by atoms with Gasteiger partial charge in [-0.3, -0.25) is 0 Å². The Bertz CT molecular complexity index is 867. The van der Waals surface area contributed by atoms with E-state index in [-0.39, 0.29) is 12.2 Å². The molecule has 3 rings (SSSR count). The van der Waals surface area contributed by atoms with Gasteiger partial charge in [0, 0.05) is 0 Å². The maximum absolute atomic E-state index is 6.44. The first-order chi connectivity index (χ1) is 12.4. The molecule has 1 aliphatic carbocycles. The quantitative estimate of drug-likeness (QED) is 0.480. The van der Waals surface area contributed by atoms with Crippen LogP contribution < -0.4 is 9.47 Å². The molecule has 2 aromatic rings. The van der Waals surface area contributed by atoms with Crippen molar-refractivity contribution in [2.75, 3.05) is 0 Å². The minimum atomic E-state index is -2.12. The number of hydrogen-bond acceptors (Lipinski definition) is 2. The average Bonchev–Trinajstić information content (AvgIpc) is 2.94. The topological polar surface area (TPSA) is 18.5 Å². The number of ether oxygens (including phenoxy) is 2. The molecule has 2 nitrogen and oxygen atoms in total. The molecule has 0 fully saturated rings. The van der Waals surface area contributed by atoms with Gasteiger partial charge >= 0.3 is 169 Å². The fourth-order valence-electron chi connectivity index (χ4n) is 2.96. The predicted molar refractivity (Wildman–Crippen MR) is 107 cm³/mol. The molecule has 0 saturated heterocycles. The van der Waals surface area contributed by atoms with Crippen molar-refractivity contribution in [3.63, 3.8) is 0 Å². The zero-order valence-corrected chi connectivity index (χ0v) is 18.4. The molecule has 0 N–H and O–H groups in total. The van der Waals surface area contributed by atoms with Gasteiger partial charge in [-0.1, -0.05) is 0 Å². The maximum atomic E-state index is 6.44. The molecule has 5 heteroatoms. The Hall–Kier alpha value is -1.15. The van der Waals surface area contributed by atoms with Crippen LogP contribution in [-0.4, -0.2) is 16.3 Å². The van der Waals surface area contributed by atoms with Crippen LogP contribution in [0.5, 0.6) is 11.5 Å². The standard InChI is InChI=1S/C21H22O2.2ClH.Ru/c1-14(2)22-17-12-20-18(16-8-6-5-7-9-16)10-11-19(20)21(13-17)23-15(3)4;;;/h5-10,12-15H,1-4H3;2*1H;/q;;;+2/p-2. The Kier molecular flexibility index (Phi) is 6.22. The molecule has 140 valence electrons. The second kappa shape index (κ2) is 8.25. The first-order valence-electron chi connectivity index (χ1n) is 8.53. The summed E-state index contributed by atoms with van der Waals surface area (Å²) >= 11 is -2.12. The van der Waals surface area contributed by atoms with Crippen LogP contribution in [0.25, 0.3) is 5.57 Å². The Morgan fingerprint density at radius 3 is 2.12 bits per heavy atom. The van der Waals surface area contributed by atoms with Crippen LogP contribution in [0.3, 0.4) is 0 Å². The molecule has 0 heterocycles. The van der Waals surface area contributed by atoms with Crippen molar-refractivity contribution in [1.29, 1.82) is 0 Å². The average molecular weight is 478 g/mol. The molecule has 26 heavy (non-hydrogen) atoms. The van der Waals surface area contributed by atoms with E-state index in [0.29, 0.717) is 0 Å². The number of fused-ring (bicyclic) bond motifs is 1. The Balaban J connectivity index is 2.24. The first kappa shape index (κ1) is 19.6. The van der Waals surface area contributed by atoms with E-state index in [4.69, 9.17) is 28.9 Å². The molecule has 0 bridgehead atoms. The summed E-state index contributed by atoms with van der Waals surface area (Å²) < 4.78 is 13.1. The molecule has 0 aliphatic heterocycles. The third-order valence-electron chi connectivity index (χ3n) is 3.83. The van der Waals surface area contributed by atoms with Crippen molar-refractivity contribution in [3.05, 3.63) is 65.2 Å². The number of allylic oxidation sites excluding steroid dienone is 1. The normalized spacial score (nSPS) is 13.8. The molecule has 0 aromatic heterocycles. The van der Waals surface area contributed by atoms with Crippen LogP contribution in [0.15, 0.2) is 48.5 Å². The molecule has 0 unspecified atom stereocenters. The van der Waals surface area contributed by atoms with Crippen LogP contribution in [0.4, 0.5) is 0 Å². The van der Waals surface area contributed by atoms with Crippen molar-refractivity contribution >= 4 is 29.1 Å². The first-order valence-corrected chi connectivity index (χ1v) is 13.9. The van der Waals surface area contributed by atoms with Gasteiger partial charge in [0.15, 0.2) is 0 Å². The van der Waals surface area contributed by atoms with Crippen LogP contribution >= 0.6 is 19.4 Å². The van der Waals surface area contributed by atoms with Gasteiger partial charge in [-0.05, 0) is 0 Å². The van der Waals surface area contributed by atoms with Crippen molar-refractivity contribution in [3.8, 4) is 11.5 Å². The van der Waals surface area contributed by atoms with Crippen molar-refractivity contribution < 1.29 is 23.0 Å². The monoisotopic (exact) mass is 478 g/mol. The number of hydrogen-bond donors (Lipinski definition) is 0. The van der Waals surface area contributed by atoms with E-state index >= 15 is 0 Å². The summed E-state index contributed by atoms with van der Waals surface area (Å²) in [6.45, 7) is 8.06. The van der Waals surface area contributed by atoms with E-state index in [2.05, 4.69) is 24.3 Å². The van der Waals surface area contributed by atoms with Gasteiger partial charge in [-0.25, -0.2) is 0 Å². The number of rotatable bonds is 5. The fourth-order valence-corrected chi connectivity index (χ4v) is 5.43. The third kappa shape index (κ3) is 4.22. The Morgan fingerprint density at radius 1 is 0.885 bits per heavy atom. The Morgan fingerprint density at radius 2 is 1.54 bits per heavy atom. The predicted octanol–water partition coefficient (Wildman–Crippen LogP) is 6.15. The number of benzene rings is 2. The van der Waals surface area contributed by atoms with Crippen molar-refractivity contribution in [1.82, 2.24) is 0 Å². The van der Waals surface area contributed by atoms with Crippen LogP contribution in [0, 0.1) is 0 Å². The third-order valence-corrected chi connectivity index (χ3v) is 6.93. The zero-order chi connectivity index (χ0) is 18.8. The van der Waals surface area contributed by atoms with E-state index in [1.54, 1.807) is 0 Å². The molecule has 0 radical (unpaired) electrons. The summed E-state index contributed by atoms with van der Waals surface area (Å²) in [5.74, 6) is 1.57. The van der Waals surface area contributed by atoms with Crippen LogP contribution in [0.2, 0.25) is 0 Å².